The van der Waals surface area contributed by atoms with E-state index in [1.165, 1.54) is 5.56 Å². The molecule has 0 saturated heterocycles. The molecular weight excluding hydrogens is 284 g/mol. The van der Waals surface area contributed by atoms with Crippen LogP contribution in [0.25, 0.3) is 11.0 Å². The Bertz CT molecular complexity index is 835. The van der Waals surface area contributed by atoms with E-state index in [1.807, 2.05) is 27.0 Å². The van der Waals surface area contributed by atoms with Gasteiger partial charge in [-0.25, -0.2) is 9.97 Å². The normalized spacial score (nSPS) is 14.1. The molecule has 4 nitrogen and oxygen atoms in total. The number of rotatable bonds is 4. The second kappa shape index (κ2) is 6.11. The molecule has 0 fully saturated rings. The molecule has 120 valence electrons. The first kappa shape index (κ1) is 15.7. The Kier molecular flexibility index (Phi) is 4.16. The van der Waals surface area contributed by atoms with Gasteiger partial charge in [0.05, 0.1) is 5.69 Å². The fraction of sp³-hybridized carbons (Fsp3) is 0.421. The average molecular weight is 308 g/mol. The van der Waals surface area contributed by atoms with Gasteiger partial charge in [-0.3, -0.25) is 4.98 Å². The van der Waals surface area contributed by atoms with E-state index in [4.69, 9.17) is 0 Å². The van der Waals surface area contributed by atoms with Crippen LogP contribution in [-0.4, -0.2) is 19.5 Å². The minimum atomic E-state index is 0.379. The highest BCUT2D eigenvalue weighted by Gasteiger charge is 2.16. The van der Waals surface area contributed by atoms with Crippen LogP contribution in [0, 0.1) is 20.8 Å². The minimum absolute atomic E-state index is 0.379. The zero-order chi connectivity index (χ0) is 16.6. The van der Waals surface area contributed by atoms with Crippen molar-refractivity contribution in [2.75, 3.05) is 0 Å². The summed E-state index contributed by atoms with van der Waals surface area (Å²) in [5.74, 6) is 1.31. The first-order valence-corrected chi connectivity index (χ1v) is 8.20. The molecule has 3 rings (SSSR count). The monoisotopic (exact) mass is 308 g/mol. The lowest BCUT2D eigenvalue weighted by molar-refractivity contribution is 0.476. The van der Waals surface area contributed by atoms with Gasteiger partial charge in [0.25, 0.3) is 0 Å². The molecule has 3 heterocycles. The molecule has 0 aromatic carbocycles. The molecule has 2 unspecified atom stereocenters. The third-order valence-corrected chi connectivity index (χ3v) is 4.53. The molecule has 3 aromatic heterocycles. The molecule has 4 heteroatoms. The summed E-state index contributed by atoms with van der Waals surface area (Å²) in [6.07, 6.45) is 5.10. The van der Waals surface area contributed by atoms with Gasteiger partial charge in [0.1, 0.15) is 11.5 Å². The molecule has 0 bridgehead atoms. The fourth-order valence-electron chi connectivity index (χ4n) is 3.31. The van der Waals surface area contributed by atoms with Gasteiger partial charge in [0, 0.05) is 29.5 Å². The van der Waals surface area contributed by atoms with E-state index in [0.717, 1.165) is 34.7 Å². The van der Waals surface area contributed by atoms with Gasteiger partial charge in [-0.1, -0.05) is 6.92 Å². The summed E-state index contributed by atoms with van der Waals surface area (Å²) in [6, 6.07) is 6.81. The average Bonchev–Trinajstić information content (AvgIpc) is 2.91. The van der Waals surface area contributed by atoms with Crippen LogP contribution in [0.15, 0.2) is 30.6 Å². The second-order valence-corrected chi connectivity index (χ2v) is 6.53. The SMILES string of the molecule is Cc1cc(C(C)CC(C)n2ccc3c(C)nc(C)nc32)ccn1. The van der Waals surface area contributed by atoms with Crippen molar-refractivity contribution in [3.05, 3.63) is 53.4 Å². The first-order valence-electron chi connectivity index (χ1n) is 8.20. The van der Waals surface area contributed by atoms with Crippen molar-refractivity contribution in [3.8, 4) is 0 Å². The Hall–Kier alpha value is -2.23. The first-order chi connectivity index (χ1) is 11.0. The molecule has 0 saturated carbocycles. The predicted molar refractivity (Wildman–Crippen MR) is 93.7 cm³/mol. The summed E-state index contributed by atoms with van der Waals surface area (Å²) in [5, 5.41) is 1.15. The predicted octanol–water partition coefficient (Wildman–Crippen LogP) is 4.51. The van der Waals surface area contributed by atoms with Crippen LogP contribution in [0.3, 0.4) is 0 Å². The van der Waals surface area contributed by atoms with Gasteiger partial charge in [-0.15, -0.1) is 0 Å². The molecule has 0 aliphatic heterocycles. The van der Waals surface area contributed by atoms with Gasteiger partial charge in [0.15, 0.2) is 0 Å². The Morgan fingerprint density at radius 2 is 1.87 bits per heavy atom. The van der Waals surface area contributed by atoms with Crippen molar-refractivity contribution in [1.82, 2.24) is 19.5 Å². The Morgan fingerprint density at radius 1 is 1.09 bits per heavy atom. The number of aryl methyl sites for hydroxylation is 3. The van der Waals surface area contributed by atoms with E-state index in [9.17, 15) is 0 Å². The van der Waals surface area contributed by atoms with Gasteiger partial charge in [-0.05, 0) is 63.8 Å². The summed E-state index contributed by atoms with van der Waals surface area (Å²) in [6.45, 7) is 10.6. The highest BCUT2D eigenvalue weighted by molar-refractivity contribution is 5.78. The van der Waals surface area contributed by atoms with Crippen LogP contribution in [-0.2, 0) is 0 Å². The molecule has 0 radical (unpaired) electrons. The van der Waals surface area contributed by atoms with Crippen LogP contribution >= 0.6 is 0 Å². The van der Waals surface area contributed by atoms with Crippen LogP contribution in [0.4, 0.5) is 0 Å². The summed E-state index contributed by atoms with van der Waals surface area (Å²) in [5.41, 5.74) is 4.52. The zero-order valence-corrected chi connectivity index (χ0v) is 14.5. The highest BCUT2D eigenvalue weighted by atomic mass is 15.1. The molecule has 0 aliphatic carbocycles. The molecule has 23 heavy (non-hydrogen) atoms. The van der Waals surface area contributed by atoms with Crippen LogP contribution in [0.2, 0.25) is 0 Å². The van der Waals surface area contributed by atoms with E-state index in [2.05, 4.69) is 57.8 Å². The number of nitrogens with zero attached hydrogens (tertiary/aromatic N) is 4. The Labute approximate surface area is 137 Å². The van der Waals surface area contributed by atoms with Gasteiger partial charge in [0.2, 0.25) is 0 Å². The number of fused-ring (bicyclic) bond motifs is 1. The van der Waals surface area contributed by atoms with Crippen molar-refractivity contribution < 1.29 is 0 Å². The molecular formula is C19H24N4. The Morgan fingerprint density at radius 3 is 2.61 bits per heavy atom. The molecule has 0 spiro atoms. The largest absolute Gasteiger partial charge is 0.330 e. The maximum absolute atomic E-state index is 4.65. The molecule has 2 atom stereocenters. The fourth-order valence-corrected chi connectivity index (χ4v) is 3.31. The van der Waals surface area contributed by atoms with Crippen LogP contribution in [0.5, 0.6) is 0 Å². The Balaban J connectivity index is 1.87. The maximum atomic E-state index is 4.65. The van der Waals surface area contributed by atoms with Crippen molar-refractivity contribution in [1.29, 1.82) is 0 Å². The van der Waals surface area contributed by atoms with Gasteiger partial charge in [-0.2, -0.15) is 0 Å². The van der Waals surface area contributed by atoms with E-state index < -0.39 is 0 Å². The maximum Gasteiger partial charge on any atom is 0.144 e. The number of aromatic nitrogens is 4. The number of hydrogen-bond acceptors (Lipinski definition) is 3. The summed E-state index contributed by atoms with van der Waals surface area (Å²) >= 11 is 0. The van der Waals surface area contributed by atoms with Gasteiger partial charge >= 0.3 is 0 Å². The molecule has 0 amide bonds. The third-order valence-electron chi connectivity index (χ3n) is 4.53. The van der Waals surface area contributed by atoms with E-state index in [0.29, 0.717) is 12.0 Å². The summed E-state index contributed by atoms with van der Waals surface area (Å²) in [7, 11) is 0. The van der Waals surface area contributed by atoms with Gasteiger partial charge < -0.3 is 4.57 Å². The van der Waals surface area contributed by atoms with Crippen LogP contribution < -0.4 is 0 Å². The second-order valence-electron chi connectivity index (χ2n) is 6.53. The van der Waals surface area contributed by atoms with Crippen molar-refractivity contribution >= 4 is 11.0 Å². The number of pyridine rings is 1. The lowest BCUT2D eigenvalue weighted by Gasteiger charge is -2.20. The van der Waals surface area contributed by atoms with Crippen LogP contribution in [0.1, 0.15) is 55.0 Å². The number of hydrogen-bond donors (Lipinski definition) is 0. The zero-order valence-electron chi connectivity index (χ0n) is 14.5. The standard InChI is InChI=1S/C19H24N4/c1-12(17-6-8-20-13(2)11-17)10-14(3)23-9-7-18-15(4)21-16(5)22-19(18)23/h6-9,11-12,14H,10H2,1-5H3. The highest BCUT2D eigenvalue weighted by Crippen LogP contribution is 2.29. The minimum Gasteiger partial charge on any atom is -0.330 e. The smallest absolute Gasteiger partial charge is 0.144 e. The lowest BCUT2D eigenvalue weighted by atomic mass is 9.94. The van der Waals surface area contributed by atoms with E-state index in [1.54, 1.807) is 0 Å². The van der Waals surface area contributed by atoms with E-state index >= 15 is 0 Å². The quantitative estimate of drug-likeness (QED) is 0.712. The summed E-state index contributed by atoms with van der Waals surface area (Å²) < 4.78 is 2.28. The third kappa shape index (κ3) is 3.11. The summed E-state index contributed by atoms with van der Waals surface area (Å²) in [4.78, 5) is 13.4. The van der Waals surface area contributed by atoms with Crippen molar-refractivity contribution in [2.24, 2.45) is 0 Å². The molecule has 3 aromatic rings. The van der Waals surface area contributed by atoms with E-state index in [-0.39, 0.29) is 0 Å². The molecule has 0 N–H and O–H groups in total. The van der Waals surface area contributed by atoms with Crippen molar-refractivity contribution in [3.63, 3.8) is 0 Å². The molecule has 0 aliphatic rings. The topological polar surface area (TPSA) is 43.6 Å². The lowest BCUT2D eigenvalue weighted by Crippen LogP contribution is -2.09. The van der Waals surface area contributed by atoms with Crippen molar-refractivity contribution in [2.45, 2.75) is 53.0 Å².